The second-order valence-electron chi connectivity index (χ2n) is 7.84. The number of anilines is 1. The molecule has 0 spiro atoms. The fraction of sp³-hybridized carbons (Fsp3) is 0.478. The van der Waals surface area contributed by atoms with Crippen molar-refractivity contribution in [3.05, 3.63) is 53.1 Å². The molecule has 182 valence electrons. The van der Waals surface area contributed by atoms with E-state index in [-0.39, 0.29) is 18.3 Å². The minimum absolute atomic E-state index is 0.00463. The highest BCUT2D eigenvalue weighted by Gasteiger charge is 2.43. The van der Waals surface area contributed by atoms with Crippen LogP contribution in [0.4, 0.5) is 32.0 Å². The van der Waals surface area contributed by atoms with Gasteiger partial charge in [0.15, 0.2) is 11.5 Å². The number of rotatable bonds is 7. The fourth-order valence-electron chi connectivity index (χ4n) is 4.18. The summed E-state index contributed by atoms with van der Waals surface area (Å²) in [6, 6.07) is 7.83. The van der Waals surface area contributed by atoms with E-state index in [0.29, 0.717) is 30.2 Å². The lowest BCUT2D eigenvalue weighted by atomic mass is 9.95. The Hall–Kier alpha value is -2.62. The smallest absolute Gasteiger partial charge is 0.417 e. The number of likely N-dealkylation sites (tertiary alicyclic amines) is 1. The molecular weight excluding hydrogens is 450 g/mol. The van der Waals surface area contributed by atoms with E-state index in [1.54, 1.807) is 14.2 Å². The Kier molecular flexibility index (Phi) is 7.66. The van der Waals surface area contributed by atoms with Crippen molar-refractivity contribution in [3.63, 3.8) is 0 Å². The molecule has 0 amide bonds. The molecule has 0 radical (unpaired) electrons. The summed E-state index contributed by atoms with van der Waals surface area (Å²) in [5, 5.41) is 2.84. The molecule has 0 bridgehead atoms. The zero-order chi connectivity index (χ0) is 24.2. The molecule has 10 heteroatoms. The number of piperidine rings is 1. The standard InChI is InChI=1S/C23H26F6N2O2/c1-32-20-9-6-15(13-21(20)33-2)19-5-3-4-11-31(19)12-10-30-16-7-8-17(22(24,25)26)18(14-16)23(27,28)29/h6-9,13-14,19,30H,3-5,10-12H2,1-2H3. The van der Waals surface area contributed by atoms with Gasteiger partial charge in [-0.05, 0) is 55.3 Å². The van der Waals surface area contributed by atoms with Crippen LogP contribution >= 0.6 is 0 Å². The number of methoxy groups -OCH3 is 2. The van der Waals surface area contributed by atoms with Crippen molar-refractivity contribution in [1.82, 2.24) is 4.90 Å². The van der Waals surface area contributed by atoms with E-state index in [4.69, 9.17) is 9.47 Å². The molecule has 3 rings (SSSR count). The molecule has 1 N–H and O–H groups in total. The van der Waals surface area contributed by atoms with Crippen molar-refractivity contribution in [1.29, 1.82) is 0 Å². The summed E-state index contributed by atoms with van der Waals surface area (Å²) in [6.45, 7) is 1.61. The van der Waals surface area contributed by atoms with Crippen LogP contribution in [0, 0.1) is 0 Å². The highest BCUT2D eigenvalue weighted by molar-refractivity contribution is 5.50. The maximum atomic E-state index is 13.2. The Morgan fingerprint density at radius 3 is 2.21 bits per heavy atom. The maximum absolute atomic E-state index is 13.2. The lowest BCUT2D eigenvalue weighted by Crippen LogP contribution is -2.36. The Balaban J connectivity index is 1.71. The van der Waals surface area contributed by atoms with Gasteiger partial charge in [-0.3, -0.25) is 4.90 Å². The van der Waals surface area contributed by atoms with Crippen LogP contribution in [-0.4, -0.2) is 38.8 Å². The average Bonchev–Trinajstić information content (AvgIpc) is 2.77. The van der Waals surface area contributed by atoms with Crippen molar-refractivity contribution < 1.29 is 35.8 Å². The number of nitrogens with zero attached hydrogens (tertiary/aromatic N) is 1. The van der Waals surface area contributed by atoms with Gasteiger partial charge in [0.25, 0.3) is 0 Å². The molecule has 2 aromatic rings. The molecule has 1 saturated heterocycles. The quantitative estimate of drug-likeness (QED) is 0.470. The van der Waals surface area contributed by atoms with Crippen LogP contribution in [-0.2, 0) is 12.4 Å². The first-order valence-electron chi connectivity index (χ1n) is 10.5. The Bertz CT molecular complexity index is 946. The first kappa shape index (κ1) is 25.0. The Labute approximate surface area is 188 Å². The van der Waals surface area contributed by atoms with Gasteiger partial charge in [-0.15, -0.1) is 0 Å². The summed E-state index contributed by atoms with van der Waals surface area (Å²) in [4.78, 5) is 2.21. The first-order chi connectivity index (χ1) is 15.5. The summed E-state index contributed by atoms with van der Waals surface area (Å²) < 4.78 is 89.1. The van der Waals surface area contributed by atoms with Crippen LogP contribution in [0.5, 0.6) is 11.5 Å². The first-order valence-corrected chi connectivity index (χ1v) is 10.5. The highest BCUT2D eigenvalue weighted by Crippen LogP contribution is 2.41. The molecule has 1 atom stereocenters. The van der Waals surface area contributed by atoms with Gasteiger partial charge in [-0.2, -0.15) is 26.3 Å². The number of alkyl halides is 6. The van der Waals surface area contributed by atoms with Gasteiger partial charge < -0.3 is 14.8 Å². The zero-order valence-electron chi connectivity index (χ0n) is 18.3. The number of ether oxygens (including phenoxy) is 2. The van der Waals surface area contributed by atoms with Gasteiger partial charge in [0.1, 0.15) is 0 Å². The summed E-state index contributed by atoms with van der Waals surface area (Å²) in [6.07, 6.45) is -7.25. The molecule has 1 unspecified atom stereocenters. The minimum atomic E-state index is -5.10. The van der Waals surface area contributed by atoms with Crippen LogP contribution in [0.1, 0.15) is 42.0 Å². The van der Waals surface area contributed by atoms with Crippen molar-refractivity contribution >= 4 is 5.69 Å². The summed E-state index contributed by atoms with van der Waals surface area (Å²) in [5.41, 5.74) is -2.34. The van der Waals surface area contributed by atoms with Crippen LogP contribution in [0.25, 0.3) is 0 Å². The number of hydrogen-bond donors (Lipinski definition) is 1. The molecule has 0 aliphatic carbocycles. The van der Waals surface area contributed by atoms with E-state index in [0.717, 1.165) is 37.4 Å². The second kappa shape index (κ2) is 10.1. The molecule has 0 saturated carbocycles. The molecule has 1 aliphatic rings. The van der Waals surface area contributed by atoms with Gasteiger partial charge in [0.2, 0.25) is 0 Å². The Morgan fingerprint density at radius 1 is 0.879 bits per heavy atom. The summed E-state index contributed by atoms with van der Waals surface area (Å²) >= 11 is 0. The number of hydrogen-bond acceptors (Lipinski definition) is 4. The van der Waals surface area contributed by atoms with Crippen LogP contribution < -0.4 is 14.8 Å². The van der Waals surface area contributed by atoms with Gasteiger partial charge in [0, 0.05) is 24.8 Å². The van der Waals surface area contributed by atoms with Gasteiger partial charge >= 0.3 is 12.4 Å². The van der Waals surface area contributed by atoms with E-state index in [1.807, 2.05) is 18.2 Å². The predicted molar refractivity (Wildman–Crippen MR) is 113 cm³/mol. The number of benzene rings is 2. The normalized spacial score (nSPS) is 17.6. The van der Waals surface area contributed by atoms with Crippen LogP contribution in [0.15, 0.2) is 36.4 Å². The van der Waals surface area contributed by atoms with E-state index in [9.17, 15) is 26.3 Å². The molecule has 1 heterocycles. The fourth-order valence-corrected chi connectivity index (χ4v) is 4.18. The molecular formula is C23H26F6N2O2. The SMILES string of the molecule is COc1ccc(C2CCCCN2CCNc2ccc(C(F)(F)F)c(C(F)(F)F)c2)cc1OC. The third-order valence-corrected chi connectivity index (χ3v) is 5.76. The zero-order valence-corrected chi connectivity index (χ0v) is 18.3. The lowest BCUT2D eigenvalue weighted by Gasteiger charge is -2.36. The molecule has 2 aromatic carbocycles. The molecule has 1 aliphatic heterocycles. The molecule has 4 nitrogen and oxygen atoms in total. The topological polar surface area (TPSA) is 33.7 Å². The summed E-state index contributed by atoms with van der Waals surface area (Å²) in [5.74, 6) is 1.23. The van der Waals surface area contributed by atoms with Gasteiger partial charge in [-0.1, -0.05) is 12.5 Å². The maximum Gasteiger partial charge on any atom is 0.417 e. The van der Waals surface area contributed by atoms with E-state index >= 15 is 0 Å². The molecule has 33 heavy (non-hydrogen) atoms. The number of nitrogens with one attached hydrogen (secondary N) is 1. The third kappa shape index (κ3) is 6.04. The largest absolute Gasteiger partial charge is 0.493 e. The lowest BCUT2D eigenvalue weighted by molar-refractivity contribution is -0.162. The van der Waals surface area contributed by atoms with Crippen molar-refractivity contribution in [2.75, 3.05) is 39.2 Å². The van der Waals surface area contributed by atoms with Crippen LogP contribution in [0.2, 0.25) is 0 Å². The minimum Gasteiger partial charge on any atom is -0.493 e. The second-order valence-corrected chi connectivity index (χ2v) is 7.84. The van der Waals surface area contributed by atoms with Gasteiger partial charge in [-0.25, -0.2) is 0 Å². The van der Waals surface area contributed by atoms with Crippen LogP contribution in [0.3, 0.4) is 0 Å². The third-order valence-electron chi connectivity index (χ3n) is 5.76. The molecule has 0 aromatic heterocycles. The van der Waals surface area contributed by atoms with Crippen molar-refractivity contribution in [2.45, 2.75) is 37.7 Å². The highest BCUT2D eigenvalue weighted by atomic mass is 19.4. The van der Waals surface area contributed by atoms with E-state index in [2.05, 4.69) is 10.2 Å². The van der Waals surface area contributed by atoms with E-state index in [1.165, 1.54) is 0 Å². The summed E-state index contributed by atoms with van der Waals surface area (Å²) in [7, 11) is 3.12. The monoisotopic (exact) mass is 476 g/mol. The Morgan fingerprint density at radius 2 is 1.58 bits per heavy atom. The average molecular weight is 476 g/mol. The van der Waals surface area contributed by atoms with E-state index < -0.39 is 23.5 Å². The predicted octanol–water partition coefficient (Wildman–Crippen LogP) is 6.38. The number of halogens is 6. The van der Waals surface area contributed by atoms with Crippen molar-refractivity contribution in [3.8, 4) is 11.5 Å². The van der Waals surface area contributed by atoms with Gasteiger partial charge in [0.05, 0.1) is 25.3 Å². The molecule has 1 fully saturated rings. The van der Waals surface area contributed by atoms with Crippen molar-refractivity contribution in [2.24, 2.45) is 0 Å².